The van der Waals surface area contributed by atoms with Crippen LogP contribution in [0.15, 0.2) is 212 Å². The van der Waals surface area contributed by atoms with Crippen molar-refractivity contribution in [1.29, 1.82) is 0 Å². The smallest absolute Gasteiger partial charge is 0.168 e. The SMILES string of the molecule is BrB1c2ccccc2C2(c3ccccc31)c1ccccc1B(Br)c1ccccc12.Brc1ccccc1C(c1ccccc1Br)(c1ccccc1Br)c1ccccc1Br.C.C[Si](C)(C)Cl.[2HH]. The van der Waals surface area contributed by atoms with Crippen molar-refractivity contribution in [2.24, 2.45) is 0 Å². The number of benzene rings is 8. The molecular weight excluding hydrogens is 1210 g/mol. The van der Waals surface area contributed by atoms with E-state index in [1.165, 1.54) is 66.4 Å². The van der Waals surface area contributed by atoms with Gasteiger partial charge >= 0.3 is 0 Å². The molecule has 8 aromatic carbocycles. The zero-order valence-corrected chi connectivity index (χ0v) is 46.0. The van der Waals surface area contributed by atoms with Crippen LogP contribution >= 0.6 is 106 Å². The lowest BCUT2D eigenvalue weighted by atomic mass is 9.41. The van der Waals surface area contributed by atoms with Gasteiger partial charge in [0.2, 0.25) is 0 Å². The Bertz CT molecular complexity index is 2550. The monoisotopic (exact) mass is 1250 g/mol. The molecule has 0 atom stereocenters. The van der Waals surface area contributed by atoms with Crippen LogP contribution in [0.3, 0.4) is 0 Å². The predicted octanol–water partition coefficient (Wildman–Crippen LogP) is 15.8. The Labute approximate surface area is 437 Å². The first kappa shape index (κ1) is 49.2. The van der Waals surface area contributed by atoms with Gasteiger partial charge < -0.3 is 0 Å². The van der Waals surface area contributed by atoms with Gasteiger partial charge in [-0.1, -0.05) is 282 Å². The second kappa shape index (κ2) is 20.6. The largest absolute Gasteiger partial charge is 0.288 e. The van der Waals surface area contributed by atoms with Crippen molar-refractivity contribution in [1.82, 2.24) is 0 Å². The first-order valence-corrected chi connectivity index (χ1v) is 30.2. The van der Waals surface area contributed by atoms with Crippen LogP contribution in [0.2, 0.25) is 19.6 Å². The molecule has 1 spiro atoms. The van der Waals surface area contributed by atoms with Crippen LogP contribution in [0.4, 0.5) is 0 Å². The third-order valence-electron chi connectivity index (χ3n) is 11.7. The van der Waals surface area contributed by atoms with Crippen molar-refractivity contribution < 1.29 is 1.43 Å². The fraction of sp³-hybridized carbons (Fsp3) is 0.111. The van der Waals surface area contributed by atoms with Crippen LogP contribution in [0.25, 0.3) is 0 Å². The molecule has 0 aliphatic carbocycles. The predicted molar refractivity (Wildman–Crippen MR) is 306 cm³/mol. The van der Waals surface area contributed by atoms with E-state index in [9.17, 15) is 0 Å². The van der Waals surface area contributed by atoms with Gasteiger partial charge in [-0.25, -0.2) is 0 Å². The minimum atomic E-state index is -1.14. The van der Waals surface area contributed by atoms with E-state index >= 15 is 0 Å². The maximum Gasteiger partial charge on any atom is 0.288 e. The molecule has 2 aliphatic rings. The van der Waals surface area contributed by atoms with Crippen molar-refractivity contribution in [3.8, 4) is 0 Å². The van der Waals surface area contributed by atoms with Gasteiger partial charge in [0.15, 0.2) is 0 Å². The summed E-state index contributed by atoms with van der Waals surface area (Å²) in [4.78, 5) is 0. The normalized spacial score (nSPS) is 13.1. The third kappa shape index (κ3) is 9.03. The van der Waals surface area contributed by atoms with Gasteiger partial charge in [0.25, 0.3) is 11.1 Å². The molecule has 10 heteroatoms. The molecule has 0 unspecified atom stereocenters. The molecule has 0 amide bonds. The average Bonchev–Trinajstić information content (AvgIpc) is 3.28. The summed E-state index contributed by atoms with van der Waals surface area (Å²) in [5.41, 5.74) is 15.1. The van der Waals surface area contributed by atoms with Gasteiger partial charge in [0.05, 0.1) is 10.8 Å². The maximum absolute atomic E-state index is 5.67. The van der Waals surface area contributed by atoms with Crippen molar-refractivity contribution in [3.05, 3.63) is 257 Å². The summed E-state index contributed by atoms with van der Waals surface area (Å²) in [6.07, 6.45) is 0. The van der Waals surface area contributed by atoms with Gasteiger partial charge in [-0.15, -0.1) is 31.5 Å². The molecule has 0 bridgehead atoms. The number of hydrogen-bond acceptors (Lipinski definition) is 0. The zero-order chi connectivity index (χ0) is 44.5. The molecule has 2 aliphatic heterocycles. The third-order valence-corrected chi connectivity index (χ3v) is 16.4. The Morgan fingerprint density at radius 1 is 0.391 bits per heavy atom. The van der Waals surface area contributed by atoms with Crippen molar-refractivity contribution in [2.45, 2.75) is 37.9 Å². The fourth-order valence-electron chi connectivity index (χ4n) is 9.38. The summed E-state index contributed by atoms with van der Waals surface area (Å²) in [5, 5.41) is 0. The summed E-state index contributed by atoms with van der Waals surface area (Å²) in [6.45, 7) is 6.28. The highest BCUT2D eigenvalue weighted by Crippen LogP contribution is 2.53. The van der Waals surface area contributed by atoms with E-state index in [4.69, 9.17) is 11.1 Å². The molecule has 0 nitrogen and oxygen atoms in total. The molecule has 0 radical (unpaired) electrons. The van der Waals surface area contributed by atoms with Gasteiger partial charge in [-0.2, -0.15) is 11.1 Å². The Hall–Kier alpha value is -2.72. The summed E-state index contributed by atoms with van der Waals surface area (Å²) in [7, 11) is -1.14. The first-order chi connectivity index (χ1) is 30.3. The van der Waals surface area contributed by atoms with E-state index in [2.05, 4.69) is 309 Å². The summed E-state index contributed by atoms with van der Waals surface area (Å²) in [6, 6.07) is 69.5. The Morgan fingerprint density at radius 2 is 0.578 bits per heavy atom. The Kier molecular flexibility index (Phi) is 15.9. The molecule has 0 saturated carbocycles. The molecule has 322 valence electrons. The Morgan fingerprint density at radius 3 is 0.797 bits per heavy atom. The molecule has 8 aromatic rings. The standard InChI is InChI=1S/C25H16B2Br2.C25H16Br4.C3H9ClSi.CH4.H2/c28-26-21-13-5-1-9-17(21)25(18-10-2-6-14-22(18)26)19-11-3-7-15-23(19)27(29)24-16-8-4-12-20(24)25;26-21-13-5-1-9-17(21)25(18-10-2-6-14-22(18)27,19-11-3-7-15-23(19)28)20-12-4-8-16-24(20)29;1-5(2,3)4;;/h2*1-16H;1-3H3;1H4;1H/i;;;;1+1. The van der Waals surface area contributed by atoms with E-state index in [1.54, 1.807) is 0 Å². The lowest BCUT2D eigenvalue weighted by Crippen LogP contribution is -2.61. The van der Waals surface area contributed by atoms with Crippen molar-refractivity contribution in [2.75, 3.05) is 0 Å². The first-order valence-electron chi connectivity index (χ1n) is 20.7. The van der Waals surface area contributed by atoms with Crippen LogP contribution in [-0.2, 0) is 10.8 Å². The van der Waals surface area contributed by atoms with Crippen LogP contribution in [0.1, 0.15) is 53.4 Å². The van der Waals surface area contributed by atoms with Crippen LogP contribution in [-0.4, -0.2) is 18.5 Å². The van der Waals surface area contributed by atoms with Gasteiger partial charge in [-0.3, -0.25) is 0 Å². The highest BCUT2D eigenvalue weighted by Gasteiger charge is 2.52. The molecule has 64 heavy (non-hydrogen) atoms. The molecule has 0 saturated heterocycles. The highest BCUT2D eigenvalue weighted by atomic mass is 79.9. The molecule has 0 fully saturated rings. The summed E-state index contributed by atoms with van der Waals surface area (Å²) in [5.74, 6) is 0. The van der Waals surface area contributed by atoms with E-state index in [1.807, 2.05) is 0 Å². The molecule has 10 rings (SSSR count). The van der Waals surface area contributed by atoms with E-state index in [-0.39, 0.29) is 25.3 Å². The van der Waals surface area contributed by atoms with Crippen molar-refractivity contribution >= 4 is 147 Å². The molecule has 0 N–H and O–H groups in total. The van der Waals surface area contributed by atoms with Gasteiger partial charge in [0, 0.05) is 19.3 Å². The van der Waals surface area contributed by atoms with E-state index < -0.39 is 12.8 Å². The second-order valence-corrected chi connectivity index (χ2v) is 29.3. The number of fused-ring (bicyclic) bond motifs is 8. The van der Waals surface area contributed by atoms with Crippen molar-refractivity contribution in [3.63, 3.8) is 0 Å². The van der Waals surface area contributed by atoms with Crippen LogP contribution in [0.5, 0.6) is 0 Å². The van der Waals surface area contributed by atoms with E-state index in [0.29, 0.717) is 0 Å². The molecule has 0 aromatic heterocycles. The van der Waals surface area contributed by atoms with Crippen LogP contribution in [0, 0.1) is 0 Å². The fourth-order valence-corrected chi connectivity index (χ4v) is 13.3. The average molecular weight is 1260 g/mol. The summed E-state index contributed by atoms with van der Waals surface area (Å²) >= 11 is 29.1. The number of rotatable bonds is 4. The number of halogens is 7. The van der Waals surface area contributed by atoms with Crippen LogP contribution < -0.4 is 21.9 Å². The zero-order valence-electron chi connectivity index (χ0n) is 34.8. The van der Waals surface area contributed by atoms with Gasteiger partial charge in [0.1, 0.15) is 7.38 Å². The maximum atomic E-state index is 5.67. The minimum Gasteiger partial charge on any atom is -0.168 e. The quantitative estimate of drug-likeness (QED) is 0.0936. The van der Waals surface area contributed by atoms with E-state index in [0.717, 1.165) is 17.9 Å². The molecular formula is C54H47B2Br6ClSi. The number of hydrogen-bond donors (Lipinski definition) is 0. The van der Waals surface area contributed by atoms with Gasteiger partial charge in [-0.05, 0) is 68.8 Å². The Balaban J connectivity index is 0.000000190. The minimum absolute atomic E-state index is 0. The highest BCUT2D eigenvalue weighted by molar-refractivity contribution is 9.25. The summed E-state index contributed by atoms with van der Waals surface area (Å²) < 4.78 is 4.23. The molecule has 2 heterocycles. The lowest BCUT2D eigenvalue weighted by Gasteiger charge is -2.48. The topological polar surface area (TPSA) is 0 Å². The lowest BCUT2D eigenvalue weighted by molar-refractivity contribution is 0.728. The second-order valence-electron chi connectivity index (χ2n) is 16.6.